The van der Waals surface area contributed by atoms with Gasteiger partial charge in [0.05, 0.1) is 11.8 Å². The van der Waals surface area contributed by atoms with Crippen LogP contribution in [0.5, 0.6) is 0 Å². The number of pyridine rings is 1. The van der Waals surface area contributed by atoms with Crippen LogP contribution in [-0.4, -0.2) is 15.1 Å². The molecule has 1 N–H and O–H groups in total. The van der Waals surface area contributed by atoms with Gasteiger partial charge >= 0.3 is 0 Å². The van der Waals surface area contributed by atoms with Gasteiger partial charge in [-0.3, -0.25) is 4.98 Å². The molecule has 1 atom stereocenters. The molecule has 0 spiro atoms. The van der Waals surface area contributed by atoms with E-state index >= 15 is 0 Å². The summed E-state index contributed by atoms with van der Waals surface area (Å²) < 4.78 is 0. The van der Waals surface area contributed by atoms with Crippen LogP contribution in [-0.2, 0) is 6.42 Å². The zero-order valence-corrected chi connectivity index (χ0v) is 10.2. The van der Waals surface area contributed by atoms with Crippen molar-refractivity contribution in [3.63, 3.8) is 0 Å². The van der Waals surface area contributed by atoms with Crippen molar-refractivity contribution in [2.45, 2.75) is 26.4 Å². The van der Waals surface area contributed by atoms with Crippen molar-refractivity contribution in [2.24, 2.45) is 0 Å². The molecule has 0 aliphatic rings. The first-order valence-corrected chi connectivity index (χ1v) is 6.17. The maximum Gasteiger partial charge on any atom is 0.124 e. The summed E-state index contributed by atoms with van der Waals surface area (Å²) in [4.78, 5) is 8.54. The number of hydrogen-bond donors (Lipinski definition) is 1. The van der Waals surface area contributed by atoms with Crippen molar-refractivity contribution in [3.05, 3.63) is 35.1 Å². The van der Waals surface area contributed by atoms with E-state index in [1.165, 1.54) is 5.56 Å². The Bertz CT molecular complexity index is 479. The van der Waals surface area contributed by atoms with Gasteiger partial charge < -0.3 is 5.11 Å². The van der Waals surface area contributed by atoms with Crippen molar-refractivity contribution in [1.29, 1.82) is 0 Å². The number of rotatable bonds is 3. The normalized spacial score (nSPS) is 12.7. The van der Waals surface area contributed by atoms with Gasteiger partial charge in [0.25, 0.3) is 0 Å². The Morgan fingerprint density at radius 3 is 2.94 bits per heavy atom. The lowest BCUT2D eigenvalue weighted by Crippen LogP contribution is -1.92. The molecule has 2 aromatic heterocycles. The monoisotopic (exact) mass is 234 g/mol. The molecule has 2 heterocycles. The third-order valence-electron chi connectivity index (χ3n) is 2.46. The number of nitrogens with zero attached hydrogens (tertiary/aromatic N) is 2. The molecule has 4 heteroatoms. The molecular weight excluding hydrogens is 220 g/mol. The molecule has 1 unspecified atom stereocenters. The number of aryl methyl sites for hydroxylation is 1. The highest BCUT2D eigenvalue weighted by Crippen LogP contribution is 2.28. The maximum atomic E-state index is 9.44. The second-order valence-electron chi connectivity index (χ2n) is 3.64. The Kier molecular flexibility index (Phi) is 3.31. The standard InChI is InChI=1S/C12H14N2OS/c1-3-9-6-13-5-4-10(9)12-14-11(7-16-12)8(2)15/h4-8,15H,3H2,1-2H3. The van der Waals surface area contributed by atoms with Crippen molar-refractivity contribution < 1.29 is 5.11 Å². The second kappa shape index (κ2) is 4.72. The lowest BCUT2D eigenvalue weighted by atomic mass is 10.1. The van der Waals surface area contributed by atoms with Gasteiger partial charge in [-0.15, -0.1) is 11.3 Å². The first-order valence-electron chi connectivity index (χ1n) is 5.29. The zero-order valence-electron chi connectivity index (χ0n) is 9.34. The van der Waals surface area contributed by atoms with Gasteiger partial charge in [0, 0.05) is 23.3 Å². The van der Waals surface area contributed by atoms with Crippen molar-refractivity contribution in [3.8, 4) is 10.6 Å². The predicted molar refractivity (Wildman–Crippen MR) is 65.4 cm³/mol. The van der Waals surface area contributed by atoms with Crippen molar-refractivity contribution >= 4 is 11.3 Å². The fourth-order valence-electron chi connectivity index (χ4n) is 1.52. The highest BCUT2D eigenvalue weighted by Gasteiger charge is 2.10. The average Bonchev–Trinajstić information content (AvgIpc) is 2.78. The molecule has 0 aromatic carbocycles. The topological polar surface area (TPSA) is 46.0 Å². The van der Waals surface area contributed by atoms with Crippen molar-refractivity contribution in [1.82, 2.24) is 9.97 Å². The number of thiazole rings is 1. The van der Waals surface area contributed by atoms with E-state index in [2.05, 4.69) is 16.9 Å². The summed E-state index contributed by atoms with van der Waals surface area (Å²) in [6.07, 6.45) is 4.08. The summed E-state index contributed by atoms with van der Waals surface area (Å²) in [6, 6.07) is 1.98. The first-order chi connectivity index (χ1) is 7.72. The van der Waals surface area contributed by atoms with E-state index in [-0.39, 0.29) is 0 Å². The molecule has 0 saturated carbocycles. The summed E-state index contributed by atoms with van der Waals surface area (Å²) in [5.74, 6) is 0. The molecule has 0 saturated heterocycles. The summed E-state index contributed by atoms with van der Waals surface area (Å²) in [5, 5.41) is 12.3. The fraction of sp³-hybridized carbons (Fsp3) is 0.333. The van der Waals surface area contributed by atoms with Crippen LogP contribution in [0.25, 0.3) is 10.6 Å². The van der Waals surface area contributed by atoms with E-state index in [0.717, 1.165) is 22.7 Å². The predicted octanol–water partition coefficient (Wildman–Crippen LogP) is 2.82. The average molecular weight is 234 g/mol. The maximum absolute atomic E-state index is 9.44. The molecule has 0 aliphatic heterocycles. The Balaban J connectivity index is 2.42. The van der Waals surface area contributed by atoms with Gasteiger partial charge in [-0.05, 0) is 25.0 Å². The van der Waals surface area contributed by atoms with Gasteiger partial charge in [0.2, 0.25) is 0 Å². The Hall–Kier alpha value is -1.26. The van der Waals surface area contributed by atoms with Gasteiger partial charge in [-0.2, -0.15) is 0 Å². The molecular formula is C12H14N2OS. The van der Waals surface area contributed by atoms with E-state index < -0.39 is 6.10 Å². The molecule has 84 valence electrons. The third kappa shape index (κ3) is 2.13. The van der Waals surface area contributed by atoms with E-state index in [4.69, 9.17) is 0 Å². The van der Waals surface area contributed by atoms with Gasteiger partial charge in [0.1, 0.15) is 5.01 Å². The Morgan fingerprint density at radius 2 is 2.31 bits per heavy atom. The van der Waals surface area contributed by atoms with Crippen LogP contribution in [0.1, 0.15) is 31.2 Å². The lowest BCUT2D eigenvalue weighted by molar-refractivity contribution is 0.195. The molecule has 0 radical (unpaired) electrons. The minimum Gasteiger partial charge on any atom is -0.387 e. The fourth-order valence-corrected chi connectivity index (χ4v) is 2.49. The Labute approximate surface area is 98.8 Å². The van der Waals surface area contributed by atoms with Crippen LogP contribution < -0.4 is 0 Å². The SMILES string of the molecule is CCc1cnccc1-c1nc(C(C)O)cs1. The molecule has 0 bridgehead atoms. The highest BCUT2D eigenvalue weighted by molar-refractivity contribution is 7.13. The largest absolute Gasteiger partial charge is 0.387 e. The minimum absolute atomic E-state index is 0.503. The van der Waals surface area contributed by atoms with E-state index in [1.54, 1.807) is 24.5 Å². The van der Waals surface area contributed by atoms with Crippen LogP contribution >= 0.6 is 11.3 Å². The smallest absolute Gasteiger partial charge is 0.124 e. The lowest BCUT2D eigenvalue weighted by Gasteiger charge is -2.03. The minimum atomic E-state index is -0.503. The second-order valence-corrected chi connectivity index (χ2v) is 4.50. The molecule has 0 fully saturated rings. The zero-order chi connectivity index (χ0) is 11.5. The van der Waals surface area contributed by atoms with Crippen LogP contribution in [0, 0.1) is 0 Å². The van der Waals surface area contributed by atoms with Gasteiger partial charge in [-0.25, -0.2) is 4.98 Å². The van der Waals surface area contributed by atoms with Crippen LogP contribution in [0.3, 0.4) is 0 Å². The van der Waals surface area contributed by atoms with Crippen LogP contribution in [0.4, 0.5) is 0 Å². The highest BCUT2D eigenvalue weighted by atomic mass is 32.1. The number of aliphatic hydroxyl groups excluding tert-OH is 1. The van der Waals surface area contributed by atoms with Crippen LogP contribution in [0.2, 0.25) is 0 Å². The number of aliphatic hydroxyl groups is 1. The van der Waals surface area contributed by atoms with Gasteiger partial charge in [-0.1, -0.05) is 6.92 Å². The Morgan fingerprint density at radius 1 is 1.50 bits per heavy atom. The molecule has 2 aromatic rings. The van der Waals surface area contributed by atoms with Gasteiger partial charge in [0.15, 0.2) is 0 Å². The third-order valence-corrected chi connectivity index (χ3v) is 3.36. The van der Waals surface area contributed by atoms with Crippen molar-refractivity contribution in [2.75, 3.05) is 0 Å². The summed E-state index contributed by atoms with van der Waals surface area (Å²) in [6.45, 7) is 3.83. The van der Waals surface area contributed by atoms with E-state index in [9.17, 15) is 5.11 Å². The summed E-state index contributed by atoms with van der Waals surface area (Å²) in [7, 11) is 0. The van der Waals surface area contributed by atoms with Crippen LogP contribution in [0.15, 0.2) is 23.8 Å². The summed E-state index contributed by atoms with van der Waals surface area (Å²) >= 11 is 1.56. The molecule has 0 amide bonds. The number of aromatic nitrogens is 2. The molecule has 2 rings (SSSR count). The van der Waals surface area contributed by atoms with E-state index in [1.807, 2.05) is 17.6 Å². The summed E-state index contributed by atoms with van der Waals surface area (Å²) in [5.41, 5.74) is 3.04. The first kappa shape index (κ1) is 11.2. The molecule has 3 nitrogen and oxygen atoms in total. The molecule has 0 aliphatic carbocycles. The van der Waals surface area contributed by atoms with E-state index in [0.29, 0.717) is 0 Å². The quantitative estimate of drug-likeness (QED) is 0.888. The number of hydrogen-bond acceptors (Lipinski definition) is 4. The molecule has 16 heavy (non-hydrogen) atoms.